The number of nitrogens with one attached hydrogen (secondary N) is 1. The first-order valence-corrected chi connectivity index (χ1v) is 9.04. The third-order valence-electron chi connectivity index (χ3n) is 4.33. The molecule has 0 spiro atoms. The molecular weight excluding hydrogens is 352 g/mol. The van der Waals surface area contributed by atoms with Crippen LogP contribution in [0.1, 0.15) is 11.1 Å². The molecule has 0 saturated heterocycles. The molecular formula is C23H20N2O3. The van der Waals surface area contributed by atoms with E-state index >= 15 is 0 Å². The van der Waals surface area contributed by atoms with Crippen LogP contribution < -0.4 is 10.1 Å². The number of fused-ring (bicyclic) bond motifs is 1. The minimum Gasteiger partial charge on any atom is -0.484 e. The maximum absolute atomic E-state index is 12.2. The molecule has 1 N–H and O–H groups in total. The smallest absolute Gasteiger partial charge is 0.262 e. The lowest BCUT2D eigenvalue weighted by Crippen LogP contribution is -2.20. The van der Waals surface area contributed by atoms with Gasteiger partial charge in [-0.15, -0.1) is 0 Å². The van der Waals surface area contributed by atoms with Gasteiger partial charge in [0.05, 0.1) is 0 Å². The predicted molar refractivity (Wildman–Crippen MR) is 109 cm³/mol. The second-order valence-electron chi connectivity index (χ2n) is 6.72. The van der Waals surface area contributed by atoms with Gasteiger partial charge in [-0.2, -0.15) is 0 Å². The fourth-order valence-corrected chi connectivity index (χ4v) is 2.87. The van der Waals surface area contributed by atoms with Gasteiger partial charge in [0.15, 0.2) is 12.2 Å². The molecule has 3 aromatic carbocycles. The van der Waals surface area contributed by atoms with Gasteiger partial charge in [0.2, 0.25) is 5.89 Å². The first-order chi connectivity index (χ1) is 13.6. The van der Waals surface area contributed by atoms with Gasteiger partial charge >= 0.3 is 0 Å². The average Bonchev–Trinajstić information content (AvgIpc) is 3.11. The summed E-state index contributed by atoms with van der Waals surface area (Å²) >= 11 is 0. The van der Waals surface area contributed by atoms with E-state index in [1.807, 2.05) is 80.6 Å². The van der Waals surface area contributed by atoms with E-state index in [9.17, 15) is 4.79 Å². The SMILES string of the molecule is Cc1ccc(OCC(=O)Nc2cccc(-c3nc4ccc(C)cc4o3)c2)cc1. The van der Waals surface area contributed by atoms with Crippen molar-refractivity contribution in [2.45, 2.75) is 13.8 Å². The number of nitrogens with zero attached hydrogens (tertiary/aromatic N) is 1. The van der Waals surface area contributed by atoms with Crippen LogP contribution in [0.3, 0.4) is 0 Å². The Bertz CT molecular complexity index is 1130. The summed E-state index contributed by atoms with van der Waals surface area (Å²) in [5, 5.41) is 2.84. The summed E-state index contributed by atoms with van der Waals surface area (Å²) in [6, 6.07) is 20.9. The van der Waals surface area contributed by atoms with Gasteiger partial charge in [-0.25, -0.2) is 4.98 Å². The fraction of sp³-hybridized carbons (Fsp3) is 0.130. The quantitative estimate of drug-likeness (QED) is 0.527. The minimum atomic E-state index is -0.231. The molecule has 0 radical (unpaired) electrons. The highest BCUT2D eigenvalue weighted by molar-refractivity contribution is 5.92. The van der Waals surface area contributed by atoms with Crippen molar-refractivity contribution in [1.29, 1.82) is 0 Å². The second kappa shape index (κ2) is 7.56. The molecule has 5 heteroatoms. The van der Waals surface area contributed by atoms with Crippen LogP contribution in [0.4, 0.5) is 5.69 Å². The van der Waals surface area contributed by atoms with Crippen LogP contribution in [-0.4, -0.2) is 17.5 Å². The van der Waals surface area contributed by atoms with E-state index in [0.29, 0.717) is 17.3 Å². The van der Waals surface area contributed by atoms with Crippen LogP contribution in [0.2, 0.25) is 0 Å². The van der Waals surface area contributed by atoms with Crippen LogP contribution >= 0.6 is 0 Å². The molecule has 1 heterocycles. The Morgan fingerprint density at radius 3 is 2.61 bits per heavy atom. The summed E-state index contributed by atoms with van der Waals surface area (Å²) in [5.41, 5.74) is 5.27. The van der Waals surface area contributed by atoms with Crippen LogP contribution in [-0.2, 0) is 4.79 Å². The van der Waals surface area contributed by atoms with E-state index in [-0.39, 0.29) is 12.5 Å². The summed E-state index contributed by atoms with van der Waals surface area (Å²) in [7, 11) is 0. The van der Waals surface area contributed by atoms with Crippen molar-refractivity contribution >= 4 is 22.7 Å². The van der Waals surface area contributed by atoms with Crippen LogP contribution in [0, 0.1) is 13.8 Å². The van der Waals surface area contributed by atoms with E-state index in [0.717, 1.165) is 27.8 Å². The predicted octanol–water partition coefficient (Wildman–Crippen LogP) is 5.13. The molecule has 5 nitrogen and oxygen atoms in total. The van der Waals surface area contributed by atoms with Crippen LogP contribution in [0.5, 0.6) is 5.75 Å². The monoisotopic (exact) mass is 372 g/mol. The third kappa shape index (κ3) is 4.04. The summed E-state index contributed by atoms with van der Waals surface area (Å²) < 4.78 is 11.4. The molecule has 0 aliphatic rings. The van der Waals surface area contributed by atoms with Gasteiger partial charge in [0, 0.05) is 11.3 Å². The highest BCUT2D eigenvalue weighted by atomic mass is 16.5. The molecule has 1 amide bonds. The standard InChI is InChI=1S/C23H20N2O3/c1-15-6-9-19(10-7-15)27-14-22(26)24-18-5-3-4-17(13-18)23-25-20-11-8-16(2)12-21(20)28-23/h3-13H,14H2,1-2H3,(H,24,26). The van der Waals surface area contributed by atoms with Crippen LogP contribution in [0.25, 0.3) is 22.6 Å². The molecule has 4 rings (SSSR count). The Kier molecular flexibility index (Phi) is 4.81. The molecule has 140 valence electrons. The largest absolute Gasteiger partial charge is 0.484 e. The molecule has 0 unspecified atom stereocenters. The number of hydrogen-bond donors (Lipinski definition) is 1. The molecule has 4 aromatic rings. The number of rotatable bonds is 5. The summed E-state index contributed by atoms with van der Waals surface area (Å²) in [6.45, 7) is 3.95. The zero-order valence-electron chi connectivity index (χ0n) is 15.7. The molecule has 28 heavy (non-hydrogen) atoms. The van der Waals surface area contributed by atoms with Crippen molar-refractivity contribution in [2.75, 3.05) is 11.9 Å². The van der Waals surface area contributed by atoms with Gasteiger partial charge in [0.1, 0.15) is 11.3 Å². The summed E-state index contributed by atoms with van der Waals surface area (Å²) in [4.78, 5) is 16.7. The Balaban J connectivity index is 1.45. The van der Waals surface area contributed by atoms with Gasteiger partial charge in [0.25, 0.3) is 5.91 Å². The zero-order chi connectivity index (χ0) is 19.5. The maximum atomic E-state index is 12.2. The lowest BCUT2D eigenvalue weighted by molar-refractivity contribution is -0.118. The van der Waals surface area contributed by atoms with E-state index < -0.39 is 0 Å². The zero-order valence-corrected chi connectivity index (χ0v) is 15.7. The average molecular weight is 372 g/mol. The number of aryl methyl sites for hydroxylation is 2. The first kappa shape index (κ1) is 17.8. The van der Waals surface area contributed by atoms with Crippen molar-refractivity contribution < 1.29 is 13.9 Å². The molecule has 0 bridgehead atoms. The van der Waals surface area contributed by atoms with E-state index in [4.69, 9.17) is 9.15 Å². The first-order valence-electron chi connectivity index (χ1n) is 9.04. The Labute approximate surface area is 163 Å². The van der Waals surface area contributed by atoms with Gasteiger partial charge in [-0.05, 0) is 61.9 Å². The number of hydrogen-bond acceptors (Lipinski definition) is 4. The number of benzene rings is 3. The minimum absolute atomic E-state index is 0.0601. The molecule has 0 atom stereocenters. The molecule has 0 aliphatic heterocycles. The normalized spacial score (nSPS) is 10.8. The van der Waals surface area contributed by atoms with Gasteiger partial charge < -0.3 is 14.5 Å². The number of amides is 1. The third-order valence-corrected chi connectivity index (χ3v) is 4.33. The van der Waals surface area contributed by atoms with E-state index in [1.165, 1.54) is 0 Å². The molecule has 0 aliphatic carbocycles. The summed E-state index contributed by atoms with van der Waals surface area (Å²) in [6.07, 6.45) is 0. The van der Waals surface area contributed by atoms with Crippen molar-refractivity contribution in [3.8, 4) is 17.2 Å². The van der Waals surface area contributed by atoms with Gasteiger partial charge in [-0.1, -0.05) is 29.8 Å². The fourth-order valence-electron chi connectivity index (χ4n) is 2.87. The van der Waals surface area contributed by atoms with Crippen molar-refractivity contribution in [3.05, 3.63) is 77.9 Å². The Morgan fingerprint density at radius 1 is 1.00 bits per heavy atom. The van der Waals surface area contributed by atoms with E-state index in [2.05, 4.69) is 10.3 Å². The molecule has 1 aromatic heterocycles. The van der Waals surface area contributed by atoms with E-state index in [1.54, 1.807) is 0 Å². The van der Waals surface area contributed by atoms with Crippen molar-refractivity contribution in [3.63, 3.8) is 0 Å². The lowest BCUT2D eigenvalue weighted by Gasteiger charge is -2.08. The molecule has 0 fully saturated rings. The number of aromatic nitrogens is 1. The van der Waals surface area contributed by atoms with Gasteiger partial charge in [-0.3, -0.25) is 4.79 Å². The number of anilines is 1. The Morgan fingerprint density at radius 2 is 1.79 bits per heavy atom. The lowest BCUT2D eigenvalue weighted by atomic mass is 10.2. The van der Waals surface area contributed by atoms with Crippen molar-refractivity contribution in [1.82, 2.24) is 4.98 Å². The molecule has 0 saturated carbocycles. The number of ether oxygens (including phenoxy) is 1. The summed E-state index contributed by atoms with van der Waals surface area (Å²) in [5.74, 6) is 0.954. The number of carbonyl (C=O) groups excluding carboxylic acids is 1. The van der Waals surface area contributed by atoms with Crippen molar-refractivity contribution in [2.24, 2.45) is 0 Å². The second-order valence-corrected chi connectivity index (χ2v) is 6.72. The highest BCUT2D eigenvalue weighted by Crippen LogP contribution is 2.26. The number of carbonyl (C=O) groups is 1. The topological polar surface area (TPSA) is 64.4 Å². The van der Waals surface area contributed by atoms with Crippen LogP contribution in [0.15, 0.2) is 71.1 Å². The number of oxazole rings is 1. The highest BCUT2D eigenvalue weighted by Gasteiger charge is 2.10. The Hall–Kier alpha value is -3.60. The maximum Gasteiger partial charge on any atom is 0.262 e.